The molecule has 0 aliphatic rings. The number of amides is 1. The molecule has 0 spiro atoms. The van der Waals surface area contributed by atoms with Crippen molar-refractivity contribution in [3.63, 3.8) is 0 Å². The van der Waals surface area contributed by atoms with E-state index in [9.17, 15) is 4.79 Å². The molecule has 0 aromatic heterocycles. The van der Waals surface area contributed by atoms with Crippen molar-refractivity contribution in [1.82, 2.24) is 0 Å². The van der Waals surface area contributed by atoms with E-state index < -0.39 is 0 Å². The van der Waals surface area contributed by atoms with Crippen molar-refractivity contribution in [1.29, 1.82) is 0 Å². The van der Waals surface area contributed by atoms with Gasteiger partial charge in [0.2, 0.25) is 0 Å². The molecule has 3 nitrogen and oxygen atoms in total. The Kier molecular flexibility index (Phi) is 6.02. The van der Waals surface area contributed by atoms with Crippen LogP contribution < -0.4 is 10.1 Å². The van der Waals surface area contributed by atoms with Gasteiger partial charge in [0.1, 0.15) is 5.75 Å². The number of ether oxygens (including phenoxy) is 1. The second-order valence-corrected chi connectivity index (χ2v) is 8.93. The van der Waals surface area contributed by atoms with Gasteiger partial charge in [0.25, 0.3) is 5.91 Å². The Balaban J connectivity index is 2.16. The van der Waals surface area contributed by atoms with Crippen molar-refractivity contribution in [3.05, 3.63) is 58.6 Å². The standard InChI is InChI=1S/C22H28ClNO2/c1-21(2,3)15-11-12-19(16(13-15)22(4,5)6)26-14-20(25)24-18-10-8-7-9-17(18)23/h7-13H,14H2,1-6H3,(H,24,25). The van der Waals surface area contributed by atoms with Crippen LogP contribution in [0, 0.1) is 0 Å². The van der Waals surface area contributed by atoms with E-state index in [0.717, 1.165) is 11.3 Å². The summed E-state index contributed by atoms with van der Waals surface area (Å²) in [6.07, 6.45) is 0. The average Bonchev–Trinajstić information content (AvgIpc) is 2.53. The lowest BCUT2D eigenvalue weighted by Gasteiger charge is -2.27. The minimum Gasteiger partial charge on any atom is -0.483 e. The Labute approximate surface area is 161 Å². The molecule has 26 heavy (non-hydrogen) atoms. The third kappa shape index (κ3) is 5.25. The van der Waals surface area contributed by atoms with E-state index in [4.69, 9.17) is 16.3 Å². The lowest BCUT2D eigenvalue weighted by atomic mass is 9.80. The van der Waals surface area contributed by atoms with Gasteiger partial charge in [-0.05, 0) is 40.2 Å². The number of halogens is 1. The molecule has 0 bridgehead atoms. The predicted octanol–water partition coefficient (Wildman–Crippen LogP) is 5.95. The maximum Gasteiger partial charge on any atom is 0.262 e. The Hall–Kier alpha value is -2.00. The van der Waals surface area contributed by atoms with Crippen molar-refractivity contribution in [2.45, 2.75) is 52.4 Å². The normalized spacial score (nSPS) is 12.0. The first-order valence-electron chi connectivity index (χ1n) is 8.80. The average molecular weight is 374 g/mol. The van der Waals surface area contributed by atoms with E-state index in [2.05, 4.69) is 59.0 Å². The van der Waals surface area contributed by atoms with E-state index in [1.807, 2.05) is 18.2 Å². The van der Waals surface area contributed by atoms with Gasteiger partial charge in [-0.25, -0.2) is 0 Å². The first kappa shape index (κ1) is 20.3. The number of benzene rings is 2. The maximum atomic E-state index is 12.2. The molecule has 0 aliphatic heterocycles. The minimum absolute atomic E-state index is 0.0555. The summed E-state index contributed by atoms with van der Waals surface area (Å²) < 4.78 is 5.85. The van der Waals surface area contributed by atoms with Crippen LogP contribution in [-0.2, 0) is 15.6 Å². The van der Waals surface area contributed by atoms with E-state index in [-0.39, 0.29) is 23.3 Å². The van der Waals surface area contributed by atoms with Gasteiger partial charge in [-0.3, -0.25) is 4.79 Å². The molecule has 1 N–H and O–H groups in total. The fraction of sp³-hybridized carbons (Fsp3) is 0.409. The van der Waals surface area contributed by atoms with Crippen LogP contribution in [0.25, 0.3) is 0 Å². The van der Waals surface area contributed by atoms with Gasteiger partial charge in [0.05, 0.1) is 10.7 Å². The van der Waals surface area contributed by atoms with Gasteiger partial charge >= 0.3 is 0 Å². The zero-order valence-corrected chi connectivity index (χ0v) is 17.2. The molecule has 2 aromatic carbocycles. The molecule has 0 fully saturated rings. The summed E-state index contributed by atoms with van der Waals surface area (Å²) >= 11 is 6.08. The molecular weight excluding hydrogens is 346 g/mol. The Morgan fingerprint density at radius 2 is 1.65 bits per heavy atom. The van der Waals surface area contributed by atoms with Crippen LogP contribution in [0.15, 0.2) is 42.5 Å². The fourth-order valence-corrected chi connectivity index (χ4v) is 2.78. The SMILES string of the molecule is CC(C)(C)c1ccc(OCC(=O)Nc2ccccc2Cl)c(C(C)(C)C)c1. The molecule has 0 atom stereocenters. The highest BCUT2D eigenvalue weighted by molar-refractivity contribution is 6.33. The smallest absolute Gasteiger partial charge is 0.262 e. The number of nitrogens with one attached hydrogen (secondary N) is 1. The molecule has 2 rings (SSSR count). The molecule has 140 valence electrons. The highest BCUT2D eigenvalue weighted by Gasteiger charge is 2.23. The summed E-state index contributed by atoms with van der Waals surface area (Å²) in [5.41, 5.74) is 2.89. The van der Waals surface area contributed by atoms with Crippen molar-refractivity contribution in [3.8, 4) is 5.75 Å². The van der Waals surface area contributed by atoms with Crippen LogP contribution in [0.1, 0.15) is 52.7 Å². The number of hydrogen-bond acceptors (Lipinski definition) is 2. The Morgan fingerprint density at radius 1 is 1.00 bits per heavy atom. The number of para-hydroxylation sites is 1. The van der Waals surface area contributed by atoms with Gasteiger partial charge in [-0.1, -0.05) is 77.4 Å². The van der Waals surface area contributed by atoms with Crippen molar-refractivity contribution in [2.75, 3.05) is 11.9 Å². The van der Waals surface area contributed by atoms with Gasteiger partial charge < -0.3 is 10.1 Å². The summed E-state index contributed by atoms with van der Waals surface area (Å²) in [4.78, 5) is 12.2. The largest absolute Gasteiger partial charge is 0.483 e. The quantitative estimate of drug-likeness (QED) is 0.718. The summed E-state index contributed by atoms with van der Waals surface area (Å²) in [5, 5.41) is 3.28. The zero-order chi connectivity index (χ0) is 19.5. The highest BCUT2D eigenvalue weighted by Crippen LogP contribution is 2.35. The topological polar surface area (TPSA) is 38.3 Å². The lowest BCUT2D eigenvalue weighted by Crippen LogP contribution is -2.23. The first-order chi connectivity index (χ1) is 12.0. The maximum absolute atomic E-state index is 12.2. The van der Waals surface area contributed by atoms with Crippen molar-refractivity contribution in [2.24, 2.45) is 0 Å². The second-order valence-electron chi connectivity index (χ2n) is 8.53. The minimum atomic E-state index is -0.238. The molecule has 0 saturated carbocycles. The van der Waals surface area contributed by atoms with Crippen LogP contribution >= 0.6 is 11.6 Å². The van der Waals surface area contributed by atoms with Crippen LogP contribution in [-0.4, -0.2) is 12.5 Å². The molecule has 0 aliphatic carbocycles. The Bertz CT molecular complexity index is 785. The molecule has 0 unspecified atom stereocenters. The predicted molar refractivity (Wildman–Crippen MR) is 109 cm³/mol. The summed E-state index contributed by atoms with van der Waals surface area (Å²) in [7, 11) is 0. The third-order valence-electron chi connectivity index (χ3n) is 4.16. The molecule has 0 saturated heterocycles. The van der Waals surface area contributed by atoms with Crippen molar-refractivity contribution >= 4 is 23.2 Å². The molecule has 4 heteroatoms. The van der Waals surface area contributed by atoms with Gasteiger partial charge in [0, 0.05) is 0 Å². The second kappa shape index (κ2) is 7.71. The van der Waals surface area contributed by atoms with E-state index in [0.29, 0.717) is 10.7 Å². The van der Waals surface area contributed by atoms with Crippen LogP contribution in [0.4, 0.5) is 5.69 Å². The van der Waals surface area contributed by atoms with E-state index in [1.54, 1.807) is 12.1 Å². The first-order valence-corrected chi connectivity index (χ1v) is 9.18. The number of hydrogen-bond donors (Lipinski definition) is 1. The molecule has 2 aromatic rings. The number of anilines is 1. The van der Waals surface area contributed by atoms with Crippen LogP contribution in [0.3, 0.4) is 0 Å². The monoisotopic (exact) mass is 373 g/mol. The van der Waals surface area contributed by atoms with Gasteiger partial charge in [0.15, 0.2) is 6.61 Å². The molecule has 1 amide bonds. The van der Waals surface area contributed by atoms with Crippen LogP contribution in [0.2, 0.25) is 5.02 Å². The van der Waals surface area contributed by atoms with E-state index in [1.165, 1.54) is 5.56 Å². The van der Waals surface area contributed by atoms with E-state index >= 15 is 0 Å². The highest BCUT2D eigenvalue weighted by atomic mass is 35.5. The zero-order valence-electron chi connectivity index (χ0n) is 16.4. The summed E-state index contributed by atoms with van der Waals surface area (Å²) in [5.74, 6) is 0.498. The number of carbonyl (C=O) groups excluding carboxylic acids is 1. The Morgan fingerprint density at radius 3 is 2.23 bits per heavy atom. The van der Waals surface area contributed by atoms with Gasteiger partial charge in [-0.2, -0.15) is 0 Å². The summed E-state index contributed by atoms with van der Waals surface area (Å²) in [6.45, 7) is 12.9. The summed E-state index contributed by atoms with van der Waals surface area (Å²) in [6, 6.07) is 13.4. The van der Waals surface area contributed by atoms with Gasteiger partial charge in [-0.15, -0.1) is 0 Å². The van der Waals surface area contributed by atoms with Crippen molar-refractivity contribution < 1.29 is 9.53 Å². The third-order valence-corrected chi connectivity index (χ3v) is 4.49. The molecular formula is C22H28ClNO2. The molecule has 0 heterocycles. The fourth-order valence-electron chi connectivity index (χ4n) is 2.60. The molecule has 0 radical (unpaired) electrons. The lowest BCUT2D eigenvalue weighted by molar-refractivity contribution is -0.118. The van der Waals surface area contributed by atoms with Crippen LogP contribution in [0.5, 0.6) is 5.75 Å². The number of rotatable bonds is 4. The number of carbonyl (C=O) groups is 1.